The van der Waals surface area contributed by atoms with Crippen LogP contribution in [0.5, 0.6) is 0 Å². The van der Waals surface area contributed by atoms with E-state index in [1.165, 1.54) is 31.2 Å². The Bertz CT molecular complexity index is 699. The van der Waals surface area contributed by atoms with E-state index in [4.69, 9.17) is 0 Å². The normalized spacial score (nSPS) is 23.7. The van der Waals surface area contributed by atoms with Crippen LogP contribution in [0.3, 0.4) is 0 Å². The number of hydrogen-bond donors (Lipinski definition) is 3. The maximum atomic E-state index is 14.5. The minimum Gasteiger partial charge on any atom is -0.336 e. The standard InChI is InChI=1S/C16H19FN4S/c1-9-2-3-10(6-9)13-7-15(21-20-13)19-12-4-5-14-11(16(12)17)8-18-22-14/h4-5,7,9-10,18H,2-3,6,8H2,1H3,(H2,19,20,21). The van der Waals surface area contributed by atoms with Crippen molar-refractivity contribution >= 4 is 23.5 Å². The minimum atomic E-state index is -0.186. The maximum Gasteiger partial charge on any atom is 0.152 e. The van der Waals surface area contributed by atoms with Gasteiger partial charge in [0.25, 0.3) is 0 Å². The molecule has 3 N–H and O–H groups in total. The number of rotatable bonds is 3. The molecule has 2 aliphatic rings. The van der Waals surface area contributed by atoms with E-state index < -0.39 is 0 Å². The highest BCUT2D eigenvalue weighted by atomic mass is 32.2. The molecule has 6 heteroatoms. The lowest BCUT2D eigenvalue weighted by molar-refractivity contribution is 0.591. The molecule has 1 saturated carbocycles. The summed E-state index contributed by atoms with van der Waals surface area (Å²) in [5.74, 6) is 1.84. The second kappa shape index (κ2) is 5.59. The Hall–Kier alpha value is -1.53. The van der Waals surface area contributed by atoms with Crippen molar-refractivity contribution in [3.63, 3.8) is 0 Å². The third kappa shape index (κ3) is 2.50. The van der Waals surface area contributed by atoms with E-state index in [9.17, 15) is 4.39 Å². The van der Waals surface area contributed by atoms with Crippen LogP contribution >= 0.6 is 11.9 Å². The summed E-state index contributed by atoms with van der Waals surface area (Å²) in [5.41, 5.74) is 2.38. The van der Waals surface area contributed by atoms with Gasteiger partial charge < -0.3 is 5.32 Å². The molecule has 22 heavy (non-hydrogen) atoms. The van der Waals surface area contributed by atoms with E-state index in [-0.39, 0.29) is 5.82 Å². The summed E-state index contributed by atoms with van der Waals surface area (Å²) < 4.78 is 17.6. The minimum absolute atomic E-state index is 0.186. The number of benzene rings is 1. The van der Waals surface area contributed by atoms with Gasteiger partial charge in [0.05, 0.1) is 5.69 Å². The predicted octanol–water partition coefficient (Wildman–Crippen LogP) is 4.31. The largest absolute Gasteiger partial charge is 0.336 e. The number of halogens is 1. The SMILES string of the molecule is CC1CCC(c2cc(Nc3ccc4c(c3F)CNS4)n[nH]2)C1. The van der Waals surface area contributed by atoms with Crippen LogP contribution in [-0.2, 0) is 6.54 Å². The number of hydrogen-bond acceptors (Lipinski definition) is 4. The first kappa shape index (κ1) is 14.1. The molecule has 0 radical (unpaired) electrons. The average Bonchev–Trinajstić information content (AvgIpc) is 3.22. The Kier molecular flexibility index (Phi) is 3.58. The van der Waals surface area contributed by atoms with Gasteiger partial charge in [0.15, 0.2) is 11.6 Å². The molecule has 1 aromatic carbocycles. The van der Waals surface area contributed by atoms with Gasteiger partial charge in [-0.15, -0.1) is 0 Å². The summed E-state index contributed by atoms with van der Waals surface area (Å²) in [6.45, 7) is 2.86. The molecule has 1 aromatic heterocycles. The quantitative estimate of drug-likeness (QED) is 0.738. The fraction of sp³-hybridized carbons (Fsp3) is 0.438. The van der Waals surface area contributed by atoms with Crippen molar-refractivity contribution in [2.75, 3.05) is 5.32 Å². The highest BCUT2D eigenvalue weighted by Gasteiger charge is 2.24. The number of nitrogens with zero attached hydrogens (tertiary/aromatic N) is 1. The zero-order valence-electron chi connectivity index (χ0n) is 12.4. The molecule has 2 aromatic rings. The summed E-state index contributed by atoms with van der Waals surface area (Å²) in [6.07, 6.45) is 3.69. The molecule has 4 nitrogen and oxygen atoms in total. The number of H-pyrrole nitrogens is 1. The second-order valence-electron chi connectivity index (χ2n) is 6.28. The maximum absolute atomic E-state index is 14.5. The third-order valence-electron chi connectivity index (χ3n) is 4.63. The number of anilines is 2. The lowest BCUT2D eigenvalue weighted by Crippen LogP contribution is -2.00. The van der Waals surface area contributed by atoms with Gasteiger partial charge in [-0.3, -0.25) is 9.82 Å². The molecule has 116 valence electrons. The fourth-order valence-corrected chi connectivity index (χ4v) is 4.18. The van der Waals surface area contributed by atoms with Gasteiger partial charge >= 0.3 is 0 Å². The first-order chi connectivity index (χ1) is 10.7. The third-order valence-corrected chi connectivity index (χ3v) is 5.52. The lowest BCUT2D eigenvalue weighted by atomic mass is 10.0. The van der Waals surface area contributed by atoms with Crippen molar-refractivity contribution in [1.82, 2.24) is 14.9 Å². The van der Waals surface area contributed by atoms with Crippen molar-refractivity contribution in [3.8, 4) is 0 Å². The van der Waals surface area contributed by atoms with Crippen molar-refractivity contribution in [2.24, 2.45) is 5.92 Å². The van der Waals surface area contributed by atoms with Gasteiger partial charge in [0.1, 0.15) is 0 Å². The molecule has 2 atom stereocenters. The summed E-state index contributed by atoms with van der Waals surface area (Å²) in [5, 5.41) is 10.5. The number of aromatic nitrogens is 2. The molecule has 0 amide bonds. The zero-order chi connectivity index (χ0) is 15.1. The molecule has 2 heterocycles. The monoisotopic (exact) mass is 318 g/mol. The molecule has 1 fully saturated rings. The van der Waals surface area contributed by atoms with Gasteiger partial charge in [0.2, 0.25) is 0 Å². The van der Waals surface area contributed by atoms with Gasteiger partial charge in [-0.2, -0.15) is 5.10 Å². The van der Waals surface area contributed by atoms with Gasteiger partial charge in [-0.25, -0.2) is 4.39 Å². The van der Waals surface area contributed by atoms with E-state index in [0.717, 1.165) is 22.1 Å². The van der Waals surface area contributed by atoms with Crippen LogP contribution in [0.1, 0.15) is 43.4 Å². The fourth-order valence-electron chi connectivity index (χ4n) is 3.38. The molecule has 0 spiro atoms. The Morgan fingerprint density at radius 2 is 2.27 bits per heavy atom. The first-order valence-electron chi connectivity index (χ1n) is 7.74. The van der Waals surface area contributed by atoms with Gasteiger partial charge in [0, 0.05) is 34.7 Å². The lowest BCUT2D eigenvalue weighted by Gasteiger charge is -2.07. The smallest absolute Gasteiger partial charge is 0.152 e. The summed E-state index contributed by atoms with van der Waals surface area (Å²) in [4.78, 5) is 0.964. The van der Waals surface area contributed by atoms with E-state index in [1.54, 1.807) is 6.07 Å². The summed E-state index contributed by atoms with van der Waals surface area (Å²) in [6, 6.07) is 5.74. The molecule has 1 aliphatic heterocycles. The van der Waals surface area contributed by atoms with Crippen LogP contribution in [0.2, 0.25) is 0 Å². The molecule has 2 unspecified atom stereocenters. The second-order valence-corrected chi connectivity index (χ2v) is 7.21. The molecule has 0 saturated heterocycles. The average molecular weight is 318 g/mol. The van der Waals surface area contributed by atoms with Crippen LogP contribution in [0.4, 0.5) is 15.9 Å². The highest BCUT2D eigenvalue weighted by molar-refractivity contribution is 7.97. The van der Waals surface area contributed by atoms with Crippen molar-refractivity contribution in [3.05, 3.63) is 35.3 Å². The van der Waals surface area contributed by atoms with Crippen molar-refractivity contribution in [2.45, 2.75) is 43.5 Å². The first-order valence-corrected chi connectivity index (χ1v) is 8.56. The van der Waals surface area contributed by atoms with Crippen molar-refractivity contribution in [1.29, 1.82) is 0 Å². The van der Waals surface area contributed by atoms with Crippen LogP contribution in [0, 0.1) is 11.7 Å². The molecular weight excluding hydrogens is 299 g/mol. The molecule has 4 rings (SSSR count). The van der Waals surface area contributed by atoms with E-state index in [1.807, 2.05) is 12.1 Å². The highest BCUT2D eigenvalue weighted by Crippen LogP contribution is 2.38. The Balaban J connectivity index is 1.53. The Labute approximate surface area is 133 Å². The Morgan fingerprint density at radius 3 is 3.09 bits per heavy atom. The van der Waals surface area contributed by atoms with Crippen LogP contribution in [-0.4, -0.2) is 10.2 Å². The molecular formula is C16H19FN4S. The topological polar surface area (TPSA) is 52.7 Å². The number of nitrogens with one attached hydrogen (secondary N) is 3. The van der Waals surface area contributed by atoms with Crippen molar-refractivity contribution < 1.29 is 4.39 Å². The summed E-state index contributed by atoms with van der Waals surface area (Å²) >= 11 is 1.48. The van der Waals surface area contributed by atoms with Crippen LogP contribution < -0.4 is 10.0 Å². The molecule has 0 bridgehead atoms. The number of fused-ring (bicyclic) bond motifs is 1. The van der Waals surface area contributed by atoms with Gasteiger partial charge in [-0.1, -0.05) is 13.3 Å². The van der Waals surface area contributed by atoms with Gasteiger partial charge in [-0.05, 0) is 42.8 Å². The van der Waals surface area contributed by atoms with E-state index in [2.05, 4.69) is 27.2 Å². The van der Waals surface area contributed by atoms with E-state index in [0.29, 0.717) is 24.0 Å². The Morgan fingerprint density at radius 1 is 1.36 bits per heavy atom. The summed E-state index contributed by atoms with van der Waals surface area (Å²) in [7, 11) is 0. The number of aromatic amines is 1. The zero-order valence-corrected chi connectivity index (χ0v) is 13.3. The van der Waals surface area contributed by atoms with Crippen LogP contribution in [0.15, 0.2) is 23.1 Å². The predicted molar refractivity (Wildman–Crippen MR) is 86.7 cm³/mol. The van der Waals surface area contributed by atoms with Crippen LogP contribution in [0.25, 0.3) is 0 Å². The molecule has 1 aliphatic carbocycles. The van der Waals surface area contributed by atoms with E-state index >= 15 is 0 Å².